The van der Waals surface area contributed by atoms with Crippen LogP contribution in [-0.2, 0) is 17.8 Å². The Bertz CT molecular complexity index is 1130. The molecule has 0 saturated heterocycles. The van der Waals surface area contributed by atoms with Gasteiger partial charge in [-0.3, -0.25) is 14.2 Å². The molecule has 0 bridgehead atoms. The molecule has 0 atom stereocenters. The number of amides is 1. The topological polar surface area (TPSA) is 125 Å². The van der Waals surface area contributed by atoms with E-state index in [0.29, 0.717) is 12.2 Å². The summed E-state index contributed by atoms with van der Waals surface area (Å²) in [7, 11) is 0. The molecule has 1 amide bonds. The van der Waals surface area contributed by atoms with Crippen molar-refractivity contribution in [1.29, 1.82) is 0 Å². The molecule has 0 radical (unpaired) electrons. The molecule has 2 aromatic heterocycles. The monoisotopic (exact) mass is 398 g/mol. The van der Waals surface area contributed by atoms with Crippen LogP contribution >= 0.6 is 0 Å². The number of hydrogen-bond donors (Lipinski definition) is 1. The summed E-state index contributed by atoms with van der Waals surface area (Å²) in [4.78, 5) is 41.2. The molecule has 10 heteroatoms. The van der Waals surface area contributed by atoms with Gasteiger partial charge in [0.15, 0.2) is 5.69 Å². The fourth-order valence-corrected chi connectivity index (χ4v) is 2.75. The van der Waals surface area contributed by atoms with E-state index in [4.69, 9.17) is 4.52 Å². The fraction of sp³-hybridized carbons (Fsp3) is 0.368. The maximum absolute atomic E-state index is 12.7. The van der Waals surface area contributed by atoms with Crippen molar-refractivity contribution in [3.05, 3.63) is 56.6 Å². The summed E-state index contributed by atoms with van der Waals surface area (Å²) in [5.41, 5.74) is 0.298. The lowest BCUT2D eigenvalue weighted by atomic mass is 10.2. The number of hydrogen-bond acceptors (Lipinski definition) is 7. The van der Waals surface area contributed by atoms with E-state index in [2.05, 4.69) is 20.6 Å². The summed E-state index contributed by atoms with van der Waals surface area (Å²) in [5.74, 6) is 0.0548. The summed E-state index contributed by atoms with van der Waals surface area (Å²) >= 11 is 0. The Kier molecular flexibility index (Phi) is 6.01. The summed E-state index contributed by atoms with van der Waals surface area (Å²) < 4.78 is 7.36. The lowest BCUT2D eigenvalue weighted by Crippen LogP contribution is -2.41. The highest BCUT2D eigenvalue weighted by molar-refractivity contribution is 5.75. The summed E-state index contributed by atoms with van der Waals surface area (Å²) in [5, 5.41) is 10.7. The predicted octanol–water partition coefficient (Wildman–Crippen LogP) is 0.841. The second-order valence-electron chi connectivity index (χ2n) is 6.39. The first-order valence-corrected chi connectivity index (χ1v) is 9.35. The standard InChI is InChI=1S/C19H22N6O4/c1-4-20-14(26)10-11-15-21-17(23-29-15)16-18(27)24(5-2)19(28)25(22-16)13-8-6-12(3)7-9-13/h6-9H,4-5,10-11H2,1-3H3,(H,20,26). The van der Waals surface area contributed by atoms with E-state index in [9.17, 15) is 14.4 Å². The third-order valence-electron chi connectivity index (χ3n) is 4.27. The van der Waals surface area contributed by atoms with Gasteiger partial charge in [-0.1, -0.05) is 22.9 Å². The Morgan fingerprint density at radius 3 is 2.55 bits per heavy atom. The number of carbonyl (C=O) groups excluding carboxylic acids is 1. The Hall–Kier alpha value is -3.56. The average Bonchev–Trinajstić information content (AvgIpc) is 3.17. The van der Waals surface area contributed by atoms with Gasteiger partial charge in [-0.2, -0.15) is 14.8 Å². The third kappa shape index (κ3) is 4.31. The fourth-order valence-electron chi connectivity index (χ4n) is 2.75. The molecule has 3 rings (SSSR count). The number of benzene rings is 1. The maximum atomic E-state index is 12.7. The van der Waals surface area contributed by atoms with Gasteiger partial charge in [-0.25, -0.2) is 4.79 Å². The van der Waals surface area contributed by atoms with Gasteiger partial charge >= 0.3 is 5.69 Å². The Balaban J connectivity index is 2.00. The normalized spacial score (nSPS) is 10.9. The zero-order valence-electron chi connectivity index (χ0n) is 16.5. The predicted molar refractivity (Wildman–Crippen MR) is 105 cm³/mol. The highest BCUT2D eigenvalue weighted by Gasteiger charge is 2.20. The third-order valence-corrected chi connectivity index (χ3v) is 4.27. The lowest BCUT2D eigenvalue weighted by Gasteiger charge is -2.09. The molecule has 0 saturated carbocycles. The number of nitrogens with zero attached hydrogens (tertiary/aromatic N) is 5. The van der Waals surface area contributed by atoms with E-state index < -0.39 is 11.2 Å². The number of aromatic nitrogens is 5. The van der Waals surface area contributed by atoms with Gasteiger partial charge in [0.1, 0.15) is 0 Å². The minimum Gasteiger partial charge on any atom is -0.356 e. The van der Waals surface area contributed by atoms with Crippen LogP contribution in [-0.4, -0.2) is 36.9 Å². The number of rotatable bonds is 7. The molecule has 0 unspecified atom stereocenters. The van der Waals surface area contributed by atoms with Crippen LogP contribution in [0.5, 0.6) is 0 Å². The van der Waals surface area contributed by atoms with E-state index in [-0.39, 0.29) is 42.7 Å². The Morgan fingerprint density at radius 1 is 1.17 bits per heavy atom. The van der Waals surface area contributed by atoms with E-state index in [1.54, 1.807) is 19.1 Å². The van der Waals surface area contributed by atoms with E-state index in [0.717, 1.165) is 14.8 Å². The second kappa shape index (κ2) is 8.63. The van der Waals surface area contributed by atoms with E-state index in [1.807, 2.05) is 26.0 Å². The quantitative estimate of drug-likeness (QED) is 0.625. The van der Waals surface area contributed by atoms with Crippen LogP contribution < -0.4 is 16.6 Å². The molecule has 10 nitrogen and oxygen atoms in total. The van der Waals surface area contributed by atoms with Crippen LogP contribution in [0, 0.1) is 6.92 Å². The lowest BCUT2D eigenvalue weighted by molar-refractivity contribution is -0.121. The van der Waals surface area contributed by atoms with Crippen LogP contribution in [0.4, 0.5) is 0 Å². The van der Waals surface area contributed by atoms with Gasteiger partial charge in [0, 0.05) is 25.9 Å². The second-order valence-corrected chi connectivity index (χ2v) is 6.39. The minimum atomic E-state index is -0.600. The van der Waals surface area contributed by atoms with Crippen molar-refractivity contribution in [3.8, 4) is 17.2 Å². The molecule has 0 fully saturated rings. The first kappa shape index (κ1) is 20.2. The number of nitrogens with one attached hydrogen (secondary N) is 1. The number of aryl methyl sites for hydroxylation is 2. The van der Waals surface area contributed by atoms with Gasteiger partial charge in [0.05, 0.1) is 5.69 Å². The molecule has 0 aliphatic rings. The summed E-state index contributed by atoms with van der Waals surface area (Å²) in [6.45, 7) is 6.16. The summed E-state index contributed by atoms with van der Waals surface area (Å²) in [6.07, 6.45) is 0.420. The number of carbonyl (C=O) groups is 1. The van der Waals surface area contributed by atoms with Crippen LogP contribution in [0.15, 0.2) is 38.4 Å². The largest absolute Gasteiger partial charge is 0.356 e. The van der Waals surface area contributed by atoms with Crippen LogP contribution in [0.1, 0.15) is 31.7 Å². The average molecular weight is 398 g/mol. The highest BCUT2D eigenvalue weighted by atomic mass is 16.5. The molecular weight excluding hydrogens is 376 g/mol. The van der Waals surface area contributed by atoms with Crippen molar-refractivity contribution in [2.45, 2.75) is 40.2 Å². The van der Waals surface area contributed by atoms with Crippen LogP contribution in [0.2, 0.25) is 0 Å². The molecular formula is C19H22N6O4. The van der Waals surface area contributed by atoms with Gasteiger partial charge in [0.2, 0.25) is 17.6 Å². The van der Waals surface area contributed by atoms with Gasteiger partial charge in [0.25, 0.3) is 5.56 Å². The van der Waals surface area contributed by atoms with Crippen molar-refractivity contribution in [3.63, 3.8) is 0 Å². The van der Waals surface area contributed by atoms with Gasteiger partial charge in [-0.05, 0) is 32.9 Å². The molecule has 152 valence electrons. The van der Waals surface area contributed by atoms with E-state index >= 15 is 0 Å². The zero-order valence-corrected chi connectivity index (χ0v) is 16.5. The molecule has 0 aliphatic heterocycles. The van der Waals surface area contributed by atoms with E-state index in [1.165, 1.54) is 0 Å². The highest BCUT2D eigenvalue weighted by Crippen LogP contribution is 2.11. The molecule has 1 N–H and O–H groups in total. The molecule has 2 heterocycles. The molecule has 0 spiro atoms. The van der Waals surface area contributed by atoms with Crippen molar-refractivity contribution >= 4 is 5.91 Å². The Labute approximate surface area is 166 Å². The first-order chi connectivity index (χ1) is 13.9. The minimum absolute atomic E-state index is 0.0241. The van der Waals surface area contributed by atoms with Gasteiger partial charge < -0.3 is 9.84 Å². The first-order valence-electron chi connectivity index (χ1n) is 9.35. The van der Waals surface area contributed by atoms with Crippen molar-refractivity contribution in [2.24, 2.45) is 0 Å². The van der Waals surface area contributed by atoms with Crippen molar-refractivity contribution < 1.29 is 9.32 Å². The van der Waals surface area contributed by atoms with Crippen LogP contribution in [0.25, 0.3) is 17.2 Å². The molecule has 29 heavy (non-hydrogen) atoms. The van der Waals surface area contributed by atoms with Crippen molar-refractivity contribution in [1.82, 2.24) is 29.8 Å². The Morgan fingerprint density at radius 2 is 1.90 bits per heavy atom. The summed E-state index contributed by atoms with van der Waals surface area (Å²) in [6, 6.07) is 7.18. The smallest absolute Gasteiger partial charge is 0.352 e. The molecule has 3 aromatic rings. The van der Waals surface area contributed by atoms with Gasteiger partial charge in [-0.15, -0.1) is 0 Å². The molecule has 1 aromatic carbocycles. The zero-order chi connectivity index (χ0) is 21.0. The maximum Gasteiger partial charge on any atom is 0.352 e. The van der Waals surface area contributed by atoms with Crippen LogP contribution in [0.3, 0.4) is 0 Å². The molecule has 0 aliphatic carbocycles. The van der Waals surface area contributed by atoms with Crippen molar-refractivity contribution in [2.75, 3.05) is 6.54 Å². The SMILES string of the molecule is CCNC(=O)CCc1nc(-c2nn(-c3ccc(C)cc3)c(=O)n(CC)c2=O)no1.